The Bertz CT molecular complexity index is 973. The standard InChI is InChI=1S/C21H24F2N2O4S/c1-2-30(27,28)17-9-7-16(8-10-17)25-13-11-15(12-14-25)24-20(26)18-5-3-4-6-19(18)29-21(22)23/h3-10,15,21H,2,11-14H2,1H3,(H,24,26). The number of halogens is 2. The summed E-state index contributed by atoms with van der Waals surface area (Å²) in [5.74, 6) is -0.536. The number of benzene rings is 2. The average molecular weight is 438 g/mol. The molecule has 0 spiro atoms. The van der Waals surface area contributed by atoms with Crippen LogP contribution in [0.25, 0.3) is 0 Å². The number of para-hydroxylation sites is 1. The number of piperidine rings is 1. The lowest BCUT2D eigenvalue weighted by atomic mass is 10.0. The van der Waals surface area contributed by atoms with Crippen molar-refractivity contribution in [2.75, 3.05) is 23.7 Å². The van der Waals surface area contributed by atoms with E-state index in [0.717, 1.165) is 5.69 Å². The third kappa shape index (κ3) is 5.27. The first-order valence-corrected chi connectivity index (χ1v) is 11.4. The van der Waals surface area contributed by atoms with Gasteiger partial charge >= 0.3 is 6.61 Å². The zero-order chi connectivity index (χ0) is 21.7. The fourth-order valence-corrected chi connectivity index (χ4v) is 4.31. The van der Waals surface area contributed by atoms with Crippen molar-refractivity contribution in [1.82, 2.24) is 5.32 Å². The van der Waals surface area contributed by atoms with Crippen molar-refractivity contribution >= 4 is 21.4 Å². The summed E-state index contributed by atoms with van der Waals surface area (Å²) in [6.07, 6.45) is 1.36. The Hall–Kier alpha value is -2.68. The molecule has 0 saturated carbocycles. The van der Waals surface area contributed by atoms with E-state index in [9.17, 15) is 22.0 Å². The fraction of sp³-hybridized carbons (Fsp3) is 0.381. The molecule has 1 fully saturated rings. The van der Waals surface area contributed by atoms with Crippen LogP contribution in [0.1, 0.15) is 30.1 Å². The molecule has 2 aromatic rings. The number of nitrogens with zero attached hydrogens (tertiary/aromatic N) is 1. The van der Waals surface area contributed by atoms with Crippen LogP contribution < -0.4 is 15.0 Å². The molecule has 0 atom stereocenters. The van der Waals surface area contributed by atoms with Gasteiger partial charge < -0.3 is 15.0 Å². The number of sulfone groups is 1. The van der Waals surface area contributed by atoms with E-state index in [1.54, 1.807) is 37.3 Å². The van der Waals surface area contributed by atoms with E-state index in [4.69, 9.17) is 0 Å². The molecule has 0 aliphatic carbocycles. The first kappa shape index (κ1) is 22.0. The van der Waals surface area contributed by atoms with Crippen LogP contribution in [0.3, 0.4) is 0 Å². The number of rotatable bonds is 7. The van der Waals surface area contributed by atoms with Crippen molar-refractivity contribution in [2.24, 2.45) is 0 Å². The number of nitrogens with one attached hydrogen (secondary N) is 1. The zero-order valence-electron chi connectivity index (χ0n) is 16.6. The summed E-state index contributed by atoms with van der Waals surface area (Å²) in [7, 11) is -3.23. The second-order valence-corrected chi connectivity index (χ2v) is 9.29. The van der Waals surface area contributed by atoms with Gasteiger partial charge in [0.15, 0.2) is 9.84 Å². The van der Waals surface area contributed by atoms with Gasteiger partial charge in [0.1, 0.15) is 5.75 Å². The summed E-state index contributed by atoms with van der Waals surface area (Å²) in [5.41, 5.74) is 0.999. The normalized spacial score (nSPS) is 15.3. The number of amides is 1. The van der Waals surface area contributed by atoms with Crippen LogP contribution in [-0.4, -0.2) is 45.8 Å². The van der Waals surface area contributed by atoms with Gasteiger partial charge in [0.25, 0.3) is 5.91 Å². The third-order valence-corrected chi connectivity index (χ3v) is 6.87. The topological polar surface area (TPSA) is 75.7 Å². The highest BCUT2D eigenvalue weighted by Gasteiger charge is 2.23. The molecule has 9 heteroatoms. The van der Waals surface area contributed by atoms with E-state index < -0.39 is 22.4 Å². The fourth-order valence-electron chi connectivity index (χ4n) is 3.43. The highest BCUT2D eigenvalue weighted by atomic mass is 32.2. The van der Waals surface area contributed by atoms with Crippen LogP contribution in [-0.2, 0) is 9.84 Å². The van der Waals surface area contributed by atoms with E-state index >= 15 is 0 Å². The molecule has 6 nitrogen and oxygen atoms in total. The van der Waals surface area contributed by atoms with Gasteiger partial charge in [-0.2, -0.15) is 8.78 Å². The maximum absolute atomic E-state index is 12.5. The van der Waals surface area contributed by atoms with Crippen molar-refractivity contribution in [3.05, 3.63) is 54.1 Å². The number of alkyl halides is 2. The molecule has 1 N–H and O–H groups in total. The van der Waals surface area contributed by atoms with Gasteiger partial charge in [-0.1, -0.05) is 19.1 Å². The number of hydrogen-bond donors (Lipinski definition) is 1. The number of ether oxygens (including phenoxy) is 1. The van der Waals surface area contributed by atoms with Gasteiger partial charge in [-0.25, -0.2) is 8.42 Å². The van der Waals surface area contributed by atoms with Crippen molar-refractivity contribution in [2.45, 2.75) is 37.3 Å². The first-order valence-electron chi connectivity index (χ1n) is 9.72. The molecule has 0 bridgehead atoms. The Morgan fingerprint density at radius 2 is 1.77 bits per heavy atom. The second-order valence-electron chi connectivity index (χ2n) is 7.01. The summed E-state index contributed by atoms with van der Waals surface area (Å²) in [4.78, 5) is 15.0. The largest absolute Gasteiger partial charge is 0.434 e. The molecule has 1 amide bonds. The molecular weight excluding hydrogens is 414 g/mol. The number of carbonyl (C=O) groups excluding carboxylic acids is 1. The molecule has 30 heavy (non-hydrogen) atoms. The van der Waals surface area contributed by atoms with Crippen LogP contribution in [0.5, 0.6) is 5.75 Å². The van der Waals surface area contributed by atoms with Gasteiger partial charge in [-0.05, 0) is 49.2 Å². The monoisotopic (exact) mass is 438 g/mol. The molecule has 1 heterocycles. The summed E-state index contributed by atoms with van der Waals surface area (Å²) >= 11 is 0. The van der Waals surface area contributed by atoms with E-state index in [1.165, 1.54) is 18.2 Å². The Morgan fingerprint density at radius 1 is 1.13 bits per heavy atom. The molecule has 0 aromatic heterocycles. The highest BCUT2D eigenvalue weighted by molar-refractivity contribution is 7.91. The van der Waals surface area contributed by atoms with E-state index in [2.05, 4.69) is 15.0 Å². The van der Waals surface area contributed by atoms with Crippen molar-refractivity contribution in [3.8, 4) is 5.75 Å². The summed E-state index contributed by atoms with van der Waals surface area (Å²) in [6, 6.07) is 12.6. The molecular formula is C21H24F2N2O4S. The minimum absolute atomic E-state index is 0.0585. The predicted molar refractivity (Wildman–Crippen MR) is 110 cm³/mol. The maximum atomic E-state index is 12.5. The summed E-state index contributed by atoms with van der Waals surface area (Å²) < 4.78 is 53.4. The number of hydrogen-bond acceptors (Lipinski definition) is 5. The lowest BCUT2D eigenvalue weighted by molar-refractivity contribution is -0.0501. The maximum Gasteiger partial charge on any atom is 0.387 e. The number of carbonyl (C=O) groups is 1. The van der Waals surface area contributed by atoms with E-state index in [-0.39, 0.29) is 23.1 Å². The molecule has 1 aliphatic heterocycles. The Labute approximate surface area is 174 Å². The molecule has 1 aliphatic rings. The summed E-state index contributed by atoms with van der Waals surface area (Å²) in [5, 5.41) is 2.89. The van der Waals surface area contributed by atoms with E-state index in [1.807, 2.05) is 0 Å². The van der Waals surface area contributed by atoms with Gasteiger partial charge in [0.2, 0.25) is 0 Å². The van der Waals surface area contributed by atoms with Crippen LogP contribution in [0.2, 0.25) is 0 Å². The molecule has 162 valence electrons. The van der Waals surface area contributed by atoms with Gasteiger partial charge in [-0.3, -0.25) is 4.79 Å². The SMILES string of the molecule is CCS(=O)(=O)c1ccc(N2CCC(NC(=O)c3ccccc3OC(F)F)CC2)cc1. The minimum atomic E-state index is -3.23. The lowest BCUT2D eigenvalue weighted by Crippen LogP contribution is -2.44. The van der Waals surface area contributed by atoms with Crippen molar-refractivity contribution in [3.63, 3.8) is 0 Å². The summed E-state index contributed by atoms with van der Waals surface area (Å²) in [6.45, 7) is -0.0266. The molecule has 0 unspecified atom stereocenters. The highest BCUT2D eigenvalue weighted by Crippen LogP contribution is 2.24. The molecule has 2 aromatic carbocycles. The van der Waals surface area contributed by atoms with Crippen LogP contribution in [0, 0.1) is 0 Å². The zero-order valence-corrected chi connectivity index (χ0v) is 17.4. The van der Waals surface area contributed by atoms with Gasteiger partial charge in [0, 0.05) is 24.8 Å². The van der Waals surface area contributed by atoms with Gasteiger partial charge in [0.05, 0.1) is 16.2 Å². The van der Waals surface area contributed by atoms with Crippen molar-refractivity contribution < 1.29 is 26.7 Å². The smallest absolute Gasteiger partial charge is 0.387 e. The third-order valence-electron chi connectivity index (χ3n) is 5.12. The minimum Gasteiger partial charge on any atom is -0.434 e. The van der Waals surface area contributed by atoms with Crippen LogP contribution in [0.15, 0.2) is 53.4 Å². The first-order chi connectivity index (χ1) is 14.3. The quantitative estimate of drug-likeness (QED) is 0.716. The Morgan fingerprint density at radius 3 is 2.37 bits per heavy atom. The molecule has 3 rings (SSSR count). The average Bonchev–Trinajstić information content (AvgIpc) is 2.74. The number of anilines is 1. The Balaban J connectivity index is 1.58. The van der Waals surface area contributed by atoms with Crippen molar-refractivity contribution in [1.29, 1.82) is 0 Å². The molecule has 0 radical (unpaired) electrons. The second kappa shape index (κ2) is 9.42. The molecule has 1 saturated heterocycles. The van der Waals surface area contributed by atoms with Gasteiger partial charge in [-0.15, -0.1) is 0 Å². The van der Waals surface area contributed by atoms with Crippen LogP contribution >= 0.6 is 0 Å². The predicted octanol–water partition coefficient (Wildman–Crippen LogP) is 3.48. The Kier molecular flexibility index (Phi) is 6.91. The lowest BCUT2D eigenvalue weighted by Gasteiger charge is -2.34. The van der Waals surface area contributed by atoms with E-state index in [0.29, 0.717) is 30.8 Å². The van der Waals surface area contributed by atoms with Crippen LogP contribution in [0.4, 0.5) is 14.5 Å².